The summed E-state index contributed by atoms with van der Waals surface area (Å²) >= 11 is 0. The highest BCUT2D eigenvalue weighted by Gasteiger charge is 2.38. The molecule has 2 N–H and O–H groups in total. The first-order chi connectivity index (χ1) is 11.5. The van der Waals surface area contributed by atoms with Crippen LogP contribution in [0.3, 0.4) is 0 Å². The van der Waals surface area contributed by atoms with Gasteiger partial charge in [0.15, 0.2) is 0 Å². The largest absolute Gasteiger partial charge is 0.494 e. The molecular weight excluding hydrogens is 324 g/mol. The van der Waals surface area contributed by atoms with Crippen LogP contribution in [0.5, 0.6) is 5.75 Å². The Bertz CT molecular complexity index is 776. The van der Waals surface area contributed by atoms with Crippen LogP contribution < -0.4 is 10.5 Å². The van der Waals surface area contributed by atoms with E-state index in [4.69, 9.17) is 10.5 Å². The molecule has 6 heteroatoms. The zero-order chi connectivity index (χ0) is 17.2. The molecule has 2 atom stereocenters. The molecule has 0 aliphatic carbocycles. The summed E-state index contributed by atoms with van der Waals surface area (Å²) in [6.07, 6.45) is 0. The lowest BCUT2D eigenvalue weighted by Crippen LogP contribution is -2.32. The summed E-state index contributed by atoms with van der Waals surface area (Å²) in [6, 6.07) is 16.2. The molecule has 0 amide bonds. The van der Waals surface area contributed by atoms with Crippen molar-refractivity contribution in [2.24, 2.45) is 5.73 Å². The van der Waals surface area contributed by atoms with E-state index in [9.17, 15) is 8.42 Å². The number of nitrogens with two attached hydrogens (primary N) is 1. The lowest BCUT2D eigenvalue weighted by atomic mass is 9.95. The minimum Gasteiger partial charge on any atom is -0.494 e. The van der Waals surface area contributed by atoms with E-state index in [0.717, 1.165) is 5.56 Å². The molecule has 0 saturated carbocycles. The maximum absolute atomic E-state index is 12.9. The fraction of sp³-hybridized carbons (Fsp3) is 0.333. The van der Waals surface area contributed by atoms with Gasteiger partial charge in [-0.25, -0.2) is 8.42 Å². The van der Waals surface area contributed by atoms with Crippen LogP contribution in [-0.4, -0.2) is 38.5 Å². The van der Waals surface area contributed by atoms with Crippen LogP contribution in [0.15, 0.2) is 59.5 Å². The number of nitrogens with zero attached hydrogens (tertiary/aromatic N) is 1. The van der Waals surface area contributed by atoms with Crippen LogP contribution in [0.25, 0.3) is 0 Å². The molecule has 128 valence electrons. The summed E-state index contributed by atoms with van der Waals surface area (Å²) in [4.78, 5) is 0.270. The molecule has 2 aromatic rings. The summed E-state index contributed by atoms with van der Waals surface area (Å²) in [5.74, 6) is 0.681. The zero-order valence-electron chi connectivity index (χ0n) is 13.6. The van der Waals surface area contributed by atoms with Gasteiger partial charge in [-0.3, -0.25) is 0 Å². The maximum Gasteiger partial charge on any atom is 0.243 e. The van der Waals surface area contributed by atoms with Crippen LogP contribution in [0.1, 0.15) is 18.4 Å². The highest BCUT2D eigenvalue weighted by atomic mass is 32.2. The van der Waals surface area contributed by atoms with E-state index in [0.29, 0.717) is 25.4 Å². The van der Waals surface area contributed by atoms with Crippen molar-refractivity contribution in [3.05, 3.63) is 60.2 Å². The zero-order valence-corrected chi connectivity index (χ0v) is 14.4. The molecule has 1 aliphatic heterocycles. The van der Waals surface area contributed by atoms with Crippen molar-refractivity contribution in [2.75, 3.05) is 19.7 Å². The SMILES string of the molecule is CCOc1ccc(S(=O)(=O)N2C[C@@H](N)[C@H](c3ccccc3)C2)cc1. The van der Waals surface area contributed by atoms with E-state index >= 15 is 0 Å². The minimum absolute atomic E-state index is 0.0173. The quantitative estimate of drug-likeness (QED) is 0.901. The van der Waals surface area contributed by atoms with Gasteiger partial charge in [0, 0.05) is 25.0 Å². The number of benzene rings is 2. The van der Waals surface area contributed by atoms with Crippen molar-refractivity contribution in [1.29, 1.82) is 0 Å². The topological polar surface area (TPSA) is 72.6 Å². The van der Waals surface area contributed by atoms with Gasteiger partial charge in [0.05, 0.1) is 11.5 Å². The van der Waals surface area contributed by atoms with Crippen molar-refractivity contribution in [2.45, 2.75) is 23.8 Å². The molecule has 1 heterocycles. The van der Waals surface area contributed by atoms with Crippen LogP contribution in [0.2, 0.25) is 0 Å². The van der Waals surface area contributed by atoms with Crippen LogP contribution in [0.4, 0.5) is 0 Å². The van der Waals surface area contributed by atoms with Crippen LogP contribution in [-0.2, 0) is 10.0 Å². The maximum atomic E-state index is 12.9. The summed E-state index contributed by atoms with van der Waals surface area (Å²) in [5, 5.41) is 0. The van der Waals surface area contributed by atoms with E-state index in [2.05, 4.69) is 0 Å². The van der Waals surface area contributed by atoms with Gasteiger partial charge in [0.25, 0.3) is 0 Å². The smallest absolute Gasteiger partial charge is 0.243 e. The molecule has 3 rings (SSSR count). The molecule has 1 fully saturated rings. The third-order valence-corrected chi connectivity index (χ3v) is 6.18. The second kappa shape index (κ2) is 6.93. The Labute approximate surface area is 143 Å². The second-order valence-electron chi connectivity index (χ2n) is 5.91. The summed E-state index contributed by atoms with van der Waals surface area (Å²) < 4.78 is 32.6. The fourth-order valence-electron chi connectivity index (χ4n) is 3.06. The molecular formula is C18H22N2O3S. The number of rotatable bonds is 5. The molecule has 0 unspecified atom stereocenters. The van der Waals surface area contributed by atoms with E-state index < -0.39 is 10.0 Å². The predicted molar refractivity (Wildman–Crippen MR) is 93.5 cm³/mol. The molecule has 1 saturated heterocycles. The van der Waals surface area contributed by atoms with Gasteiger partial charge in [-0.2, -0.15) is 4.31 Å². The average Bonchev–Trinajstić information content (AvgIpc) is 2.99. The van der Waals surface area contributed by atoms with Gasteiger partial charge in [-0.15, -0.1) is 0 Å². The van der Waals surface area contributed by atoms with Crippen LogP contribution >= 0.6 is 0 Å². The van der Waals surface area contributed by atoms with Gasteiger partial charge < -0.3 is 10.5 Å². The Morgan fingerprint density at radius 3 is 2.38 bits per heavy atom. The van der Waals surface area contributed by atoms with Gasteiger partial charge in [-0.05, 0) is 36.8 Å². The molecule has 5 nitrogen and oxygen atoms in total. The standard InChI is InChI=1S/C18H22N2O3S/c1-2-23-15-8-10-16(11-9-15)24(21,22)20-12-17(18(19)13-20)14-6-4-3-5-7-14/h3-11,17-18H,2,12-13,19H2,1H3/t17-,18+/m0/s1. The molecule has 2 aromatic carbocycles. The number of hydrogen-bond acceptors (Lipinski definition) is 4. The Morgan fingerprint density at radius 1 is 1.08 bits per heavy atom. The normalized spacial score (nSPS) is 21.8. The van der Waals surface area contributed by atoms with Crippen molar-refractivity contribution in [3.63, 3.8) is 0 Å². The monoisotopic (exact) mass is 346 g/mol. The summed E-state index contributed by atoms with van der Waals surface area (Å²) in [5.41, 5.74) is 7.29. The molecule has 1 aliphatic rings. The third kappa shape index (κ3) is 3.31. The van der Waals surface area contributed by atoms with Crippen LogP contribution in [0, 0.1) is 0 Å². The third-order valence-electron chi connectivity index (χ3n) is 4.33. The van der Waals surface area contributed by atoms with Gasteiger partial charge in [0.2, 0.25) is 10.0 Å². The van der Waals surface area contributed by atoms with Gasteiger partial charge >= 0.3 is 0 Å². The molecule has 0 spiro atoms. The number of sulfonamides is 1. The first kappa shape index (κ1) is 17.0. The fourth-order valence-corrected chi connectivity index (χ4v) is 4.57. The summed E-state index contributed by atoms with van der Waals surface area (Å²) in [6.45, 7) is 3.17. The number of hydrogen-bond donors (Lipinski definition) is 1. The molecule has 0 radical (unpaired) electrons. The van der Waals surface area contributed by atoms with Crippen molar-refractivity contribution < 1.29 is 13.2 Å². The van der Waals surface area contributed by atoms with Crippen molar-refractivity contribution >= 4 is 10.0 Å². The van der Waals surface area contributed by atoms with Gasteiger partial charge in [-0.1, -0.05) is 30.3 Å². The predicted octanol–water partition coefficient (Wildman–Crippen LogP) is 2.20. The van der Waals surface area contributed by atoms with Crippen molar-refractivity contribution in [3.8, 4) is 5.75 Å². The van der Waals surface area contributed by atoms with Crippen molar-refractivity contribution in [1.82, 2.24) is 4.31 Å². The Hall–Kier alpha value is -1.89. The lowest BCUT2D eigenvalue weighted by Gasteiger charge is -2.17. The highest BCUT2D eigenvalue weighted by Crippen LogP contribution is 2.30. The first-order valence-electron chi connectivity index (χ1n) is 8.06. The summed E-state index contributed by atoms with van der Waals surface area (Å²) in [7, 11) is -3.55. The molecule has 24 heavy (non-hydrogen) atoms. The van der Waals surface area contributed by atoms with E-state index in [-0.39, 0.29) is 16.9 Å². The first-order valence-corrected chi connectivity index (χ1v) is 9.50. The lowest BCUT2D eigenvalue weighted by molar-refractivity contribution is 0.340. The Kier molecular flexibility index (Phi) is 4.89. The minimum atomic E-state index is -3.55. The highest BCUT2D eigenvalue weighted by molar-refractivity contribution is 7.89. The van der Waals surface area contributed by atoms with E-state index in [1.54, 1.807) is 24.3 Å². The second-order valence-corrected chi connectivity index (χ2v) is 7.85. The Balaban J connectivity index is 1.80. The Morgan fingerprint density at radius 2 is 1.75 bits per heavy atom. The van der Waals surface area contributed by atoms with E-state index in [1.165, 1.54) is 4.31 Å². The average molecular weight is 346 g/mol. The van der Waals surface area contributed by atoms with Gasteiger partial charge in [0.1, 0.15) is 5.75 Å². The van der Waals surface area contributed by atoms with E-state index in [1.807, 2.05) is 37.3 Å². The molecule has 0 aromatic heterocycles. The molecule has 0 bridgehead atoms. The number of ether oxygens (including phenoxy) is 1.